The zero-order valence-electron chi connectivity index (χ0n) is 11.8. The van der Waals surface area contributed by atoms with Gasteiger partial charge in [0.1, 0.15) is 0 Å². The van der Waals surface area contributed by atoms with Crippen LogP contribution < -0.4 is 10.6 Å². The van der Waals surface area contributed by atoms with E-state index in [4.69, 9.17) is 10.5 Å². The van der Waals surface area contributed by atoms with Gasteiger partial charge in [-0.05, 0) is 33.6 Å². The molecule has 18 heavy (non-hydrogen) atoms. The van der Waals surface area contributed by atoms with Crippen LogP contribution in [0.4, 0.5) is 11.5 Å². The Labute approximate surface area is 109 Å². The summed E-state index contributed by atoms with van der Waals surface area (Å²) in [6.45, 7) is 7.91. The molecule has 1 aliphatic heterocycles. The minimum absolute atomic E-state index is 0.318. The second-order valence-electron chi connectivity index (χ2n) is 5.32. The van der Waals surface area contributed by atoms with Gasteiger partial charge in [0.05, 0.1) is 11.4 Å². The number of hydrogen-bond acceptors (Lipinski definition) is 4. The zero-order valence-corrected chi connectivity index (χ0v) is 11.8. The topological polar surface area (TPSA) is 56.3 Å². The van der Waals surface area contributed by atoms with Crippen LogP contribution in [0.2, 0.25) is 0 Å². The van der Waals surface area contributed by atoms with Crippen molar-refractivity contribution in [3.63, 3.8) is 0 Å². The molecule has 0 atom stereocenters. The van der Waals surface area contributed by atoms with Crippen LogP contribution in [-0.4, -0.2) is 36.1 Å². The molecule has 0 aliphatic carbocycles. The molecule has 0 aromatic carbocycles. The number of aromatic nitrogens is 2. The van der Waals surface area contributed by atoms with E-state index < -0.39 is 0 Å². The third-order valence-electron chi connectivity index (χ3n) is 3.67. The molecule has 102 valence electrons. The second kappa shape index (κ2) is 5.18. The SMILES string of the molecule is Cc1nn(C(C)C)c(N(C)C2CCOCC2)c1N. The Morgan fingerprint density at radius 3 is 2.56 bits per heavy atom. The van der Waals surface area contributed by atoms with Crippen molar-refractivity contribution in [1.29, 1.82) is 0 Å². The highest BCUT2D eigenvalue weighted by Crippen LogP contribution is 2.31. The Hall–Kier alpha value is -1.23. The quantitative estimate of drug-likeness (QED) is 0.893. The Kier molecular flexibility index (Phi) is 3.80. The summed E-state index contributed by atoms with van der Waals surface area (Å²) in [4.78, 5) is 2.28. The van der Waals surface area contributed by atoms with Crippen molar-refractivity contribution in [2.24, 2.45) is 0 Å². The highest BCUT2D eigenvalue weighted by Gasteiger charge is 2.25. The largest absolute Gasteiger partial charge is 0.394 e. The first kappa shape index (κ1) is 13.2. The van der Waals surface area contributed by atoms with Crippen LogP contribution in [0.1, 0.15) is 38.4 Å². The zero-order chi connectivity index (χ0) is 13.3. The lowest BCUT2D eigenvalue weighted by molar-refractivity contribution is 0.0852. The minimum Gasteiger partial charge on any atom is -0.394 e. The number of nitrogens with zero attached hydrogens (tertiary/aromatic N) is 3. The molecule has 1 aromatic rings. The predicted molar refractivity (Wildman–Crippen MR) is 74.0 cm³/mol. The van der Waals surface area contributed by atoms with Gasteiger partial charge in [-0.3, -0.25) is 0 Å². The van der Waals surface area contributed by atoms with Crippen LogP contribution in [0.5, 0.6) is 0 Å². The summed E-state index contributed by atoms with van der Waals surface area (Å²) in [5.74, 6) is 1.05. The molecule has 0 bridgehead atoms. The lowest BCUT2D eigenvalue weighted by Gasteiger charge is -2.33. The lowest BCUT2D eigenvalue weighted by atomic mass is 10.1. The van der Waals surface area contributed by atoms with Crippen molar-refractivity contribution in [1.82, 2.24) is 9.78 Å². The van der Waals surface area contributed by atoms with Gasteiger partial charge in [-0.25, -0.2) is 4.68 Å². The molecule has 1 aromatic heterocycles. The molecule has 5 heteroatoms. The molecular weight excluding hydrogens is 228 g/mol. The molecule has 0 saturated carbocycles. The standard InChI is InChI=1S/C13H24N4O/c1-9(2)17-13(12(14)10(3)15-17)16(4)11-5-7-18-8-6-11/h9,11H,5-8,14H2,1-4H3. The first-order chi connectivity index (χ1) is 8.52. The molecule has 0 amide bonds. The molecule has 2 N–H and O–H groups in total. The summed E-state index contributed by atoms with van der Waals surface area (Å²) < 4.78 is 7.45. The van der Waals surface area contributed by atoms with E-state index in [1.165, 1.54) is 0 Å². The molecule has 0 spiro atoms. The Balaban J connectivity index is 2.30. The maximum atomic E-state index is 6.19. The van der Waals surface area contributed by atoms with E-state index in [1.54, 1.807) is 0 Å². The van der Waals surface area contributed by atoms with Crippen LogP contribution in [0.25, 0.3) is 0 Å². The van der Waals surface area contributed by atoms with Crippen LogP contribution in [-0.2, 0) is 4.74 Å². The number of hydrogen-bond donors (Lipinski definition) is 1. The smallest absolute Gasteiger partial charge is 0.150 e. The second-order valence-corrected chi connectivity index (χ2v) is 5.32. The summed E-state index contributed by atoms with van der Waals surface area (Å²) in [7, 11) is 2.11. The molecule has 1 fully saturated rings. The molecule has 1 aliphatic rings. The van der Waals surface area contributed by atoms with Gasteiger partial charge in [0.25, 0.3) is 0 Å². The van der Waals surface area contributed by atoms with Gasteiger partial charge in [0, 0.05) is 32.3 Å². The van der Waals surface area contributed by atoms with Crippen molar-refractivity contribution in [2.45, 2.75) is 45.7 Å². The molecule has 1 saturated heterocycles. The number of anilines is 2. The summed E-state index contributed by atoms with van der Waals surface area (Å²) in [5, 5.41) is 4.54. The van der Waals surface area contributed by atoms with E-state index in [2.05, 4.69) is 30.9 Å². The summed E-state index contributed by atoms with van der Waals surface area (Å²) in [6.07, 6.45) is 2.11. The van der Waals surface area contributed by atoms with Gasteiger partial charge in [0.2, 0.25) is 0 Å². The van der Waals surface area contributed by atoms with E-state index in [-0.39, 0.29) is 0 Å². The van der Waals surface area contributed by atoms with Crippen LogP contribution in [0.15, 0.2) is 0 Å². The van der Waals surface area contributed by atoms with Crippen molar-refractivity contribution in [3.05, 3.63) is 5.69 Å². The lowest BCUT2D eigenvalue weighted by Crippen LogP contribution is -2.38. The Bertz CT molecular complexity index is 407. The van der Waals surface area contributed by atoms with E-state index in [9.17, 15) is 0 Å². The van der Waals surface area contributed by atoms with Crippen LogP contribution in [0, 0.1) is 6.92 Å². The maximum Gasteiger partial charge on any atom is 0.150 e. The van der Waals surface area contributed by atoms with E-state index in [0.717, 1.165) is 43.3 Å². The van der Waals surface area contributed by atoms with E-state index in [1.807, 2.05) is 11.6 Å². The van der Waals surface area contributed by atoms with Gasteiger partial charge < -0.3 is 15.4 Å². The minimum atomic E-state index is 0.318. The molecule has 2 heterocycles. The van der Waals surface area contributed by atoms with Crippen molar-refractivity contribution >= 4 is 11.5 Å². The maximum absolute atomic E-state index is 6.19. The number of ether oxygens (including phenoxy) is 1. The van der Waals surface area contributed by atoms with Gasteiger partial charge in [-0.15, -0.1) is 0 Å². The molecule has 5 nitrogen and oxygen atoms in total. The molecule has 2 rings (SSSR count). The predicted octanol–water partition coefficient (Wildman–Crippen LogP) is 1.97. The summed E-state index contributed by atoms with van der Waals surface area (Å²) >= 11 is 0. The van der Waals surface area contributed by atoms with Gasteiger partial charge in [-0.1, -0.05) is 0 Å². The Morgan fingerprint density at radius 1 is 1.39 bits per heavy atom. The highest BCUT2D eigenvalue weighted by atomic mass is 16.5. The van der Waals surface area contributed by atoms with Crippen LogP contribution in [0.3, 0.4) is 0 Å². The van der Waals surface area contributed by atoms with Gasteiger partial charge >= 0.3 is 0 Å². The fourth-order valence-corrected chi connectivity index (χ4v) is 2.51. The third kappa shape index (κ3) is 2.32. The summed E-state index contributed by atoms with van der Waals surface area (Å²) in [5.41, 5.74) is 7.91. The number of aryl methyl sites for hydroxylation is 1. The summed E-state index contributed by atoms with van der Waals surface area (Å²) in [6, 6.07) is 0.813. The molecule has 0 radical (unpaired) electrons. The fraction of sp³-hybridized carbons (Fsp3) is 0.769. The fourth-order valence-electron chi connectivity index (χ4n) is 2.51. The number of nitrogen functional groups attached to an aromatic ring is 1. The third-order valence-corrected chi connectivity index (χ3v) is 3.67. The average Bonchev–Trinajstić information content (AvgIpc) is 2.66. The van der Waals surface area contributed by atoms with Crippen molar-refractivity contribution in [3.8, 4) is 0 Å². The first-order valence-electron chi connectivity index (χ1n) is 6.67. The van der Waals surface area contributed by atoms with Gasteiger partial charge in [-0.2, -0.15) is 5.10 Å². The van der Waals surface area contributed by atoms with E-state index in [0.29, 0.717) is 12.1 Å². The molecule has 0 unspecified atom stereocenters. The first-order valence-corrected chi connectivity index (χ1v) is 6.67. The normalized spacial score (nSPS) is 17.4. The molecular formula is C13H24N4O. The van der Waals surface area contributed by atoms with E-state index >= 15 is 0 Å². The highest BCUT2D eigenvalue weighted by molar-refractivity contribution is 5.66. The number of nitrogens with two attached hydrogens (primary N) is 1. The monoisotopic (exact) mass is 252 g/mol. The Morgan fingerprint density at radius 2 is 2.00 bits per heavy atom. The van der Waals surface area contributed by atoms with Crippen molar-refractivity contribution < 1.29 is 4.74 Å². The average molecular weight is 252 g/mol. The van der Waals surface area contributed by atoms with Gasteiger partial charge in [0.15, 0.2) is 5.82 Å². The van der Waals surface area contributed by atoms with Crippen LogP contribution >= 0.6 is 0 Å². The number of rotatable bonds is 3. The van der Waals surface area contributed by atoms with Crippen molar-refractivity contribution in [2.75, 3.05) is 30.9 Å².